The minimum absolute atomic E-state index is 0.127. The molecule has 1 heterocycles. The molecule has 2 atom stereocenters. The summed E-state index contributed by atoms with van der Waals surface area (Å²) < 4.78 is 11.7. The standard InChI is InChI=1S/C49H83N3O5/c1-43(2,3)36-38-27-26-28-39(35-38)56-33-24-21-19-23-30-48(50-46(10,11)12,40(53)44(4,5)6)29-22-18-16-17-20-25-34-57-42(55)52-32-31-49(37-52,51-47(13,14)15)41(54)45(7,8)9/h16-17,21,24,26-28,35,50-51H,18-20,22-23,25,29-34,36-37H2,1-15H3/b17-16+,24-21+/t48?,49-/m0/s1. The Bertz CT molecular complexity index is 1490. The number of rotatable bonds is 20. The monoisotopic (exact) mass is 794 g/mol. The van der Waals surface area contributed by atoms with Crippen molar-refractivity contribution in [1.82, 2.24) is 15.5 Å². The fourth-order valence-electron chi connectivity index (χ4n) is 8.13. The van der Waals surface area contributed by atoms with Crippen molar-refractivity contribution in [2.24, 2.45) is 16.2 Å². The van der Waals surface area contributed by atoms with Gasteiger partial charge in [-0.3, -0.25) is 14.9 Å². The van der Waals surface area contributed by atoms with E-state index in [1.165, 1.54) is 5.56 Å². The van der Waals surface area contributed by atoms with Gasteiger partial charge in [0.2, 0.25) is 0 Å². The fourth-order valence-corrected chi connectivity index (χ4v) is 8.13. The van der Waals surface area contributed by atoms with Crippen LogP contribution in [-0.4, -0.2) is 71.0 Å². The van der Waals surface area contributed by atoms with Crippen LogP contribution in [0.1, 0.15) is 167 Å². The minimum Gasteiger partial charge on any atom is -0.490 e. The lowest BCUT2D eigenvalue weighted by molar-refractivity contribution is -0.135. The smallest absolute Gasteiger partial charge is 0.409 e. The highest BCUT2D eigenvalue weighted by molar-refractivity contribution is 5.94. The Morgan fingerprint density at radius 1 is 0.754 bits per heavy atom. The van der Waals surface area contributed by atoms with E-state index < -0.39 is 21.9 Å². The zero-order chi connectivity index (χ0) is 43.3. The summed E-state index contributed by atoms with van der Waals surface area (Å²) >= 11 is 0. The molecule has 2 N–H and O–H groups in total. The number of unbranched alkanes of at least 4 members (excludes halogenated alkanes) is 3. The molecule has 0 radical (unpaired) electrons. The minimum atomic E-state index is -0.776. The summed E-state index contributed by atoms with van der Waals surface area (Å²) in [5.74, 6) is 1.29. The maximum Gasteiger partial charge on any atom is 0.409 e. The summed E-state index contributed by atoms with van der Waals surface area (Å²) in [6.45, 7) is 32.9. The molecule has 324 valence electrons. The molecule has 1 aliphatic rings. The molecule has 0 aliphatic carbocycles. The normalized spacial score (nSPS) is 18.3. The summed E-state index contributed by atoms with van der Waals surface area (Å²) in [6.07, 6.45) is 16.4. The molecule has 1 fully saturated rings. The largest absolute Gasteiger partial charge is 0.490 e. The number of hydrogen-bond donors (Lipinski definition) is 2. The lowest BCUT2D eigenvalue weighted by atomic mass is 9.72. The van der Waals surface area contributed by atoms with Crippen molar-refractivity contribution in [2.75, 3.05) is 26.3 Å². The van der Waals surface area contributed by atoms with E-state index in [4.69, 9.17) is 9.47 Å². The van der Waals surface area contributed by atoms with Crippen LogP contribution in [0, 0.1) is 16.2 Å². The summed E-state index contributed by atoms with van der Waals surface area (Å²) in [6, 6.07) is 8.38. The third kappa shape index (κ3) is 18.2. The zero-order valence-corrected chi connectivity index (χ0v) is 39.0. The average Bonchev–Trinajstić information content (AvgIpc) is 3.47. The average molecular weight is 794 g/mol. The van der Waals surface area contributed by atoms with Gasteiger partial charge in [-0.1, -0.05) is 98.8 Å². The van der Waals surface area contributed by atoms with Crippen LogP contribution in [-0.2, 0) is 20.7 Å². The molecule has 1 amide bonds. The van der Waals surface area contributed by atoms with Crippen molar-refractivity contribution in [3.05, 3.63) is 54.1 Å². The number of ketones is 2. The maximum absolute atomic E-state index is 14.2. The summed E-state index contributed by atoms with van der Waals surface area (Å²) in [4.78, 5) is 42.4. The first kappa shape index (κ1) is 50.2. The quantitative estimate of drug-likeness (QED) is 0.100. The van der Waals surface area contributed by atoms with Crippen molar-refractivity contribution >= 4 is 17.7 Å². The van der Waals surface area contributed by atoms with E-state index in [1.54, 1.807) is 4.90 Å². The first-order valence-electron chi connectivity index (χ1n) is 21.7. The van der Waals surface area contributed by atoms with Crippen LogP contribution in [0.5, 0.6) is 5.75 Å². The third-order valence-electron chi connectivity index (χ3n) is 9.99. The number of carbonyl (C=O) groups excluding carboxylic acids is 3. The highest BCUT2D eigenvalue weighted by atomic mass is 16.6. The molecule has 0 spiro atoms. The number of allylic oxidation sites excluding steroid dienone is 3. The van der Waals surface area contributed by atoms with Gasteiger partial charge in [0, 0.05) is 35.0 Å². The van der Waals surface area contributed by atoms with Gasteiger partial charge in [0.25, 0.3) is 0 Å². The van der Waals surface area contributed by atoms with E-state index in [1.807, 2.05) is 47.6 Å². The Morgan fingerprint density at radius 2 is 1.33 bits per heavy atom. The van der Waals surface area contributed by atoms with Crippen LogP contribution in [0.2, 0.25) is 0 Å². The first-order valence-corrected chi connectivity index (χ1v) is 21.7. The van der Waals surface area contributed by atoms with Crippen molar-refractivity contribution in [3.63, 3.8) is 0 Å². The number of nitrogens with zero attached hydrogens (tertiary/aromatic N) is 1. The fraction of sp³-hybridized carbons (Fsp3) is 0.735. The Balaban J connectivity index is 1.90. The lowest BCUT2D eigenvalue weighted by Crippen LogP contribution is -2.63. The van der Waals surface area contributed by atoms with E-state index in [2.05, 4.69) is 115 Å². The number of ether oxygens (including phenoxy) is 2. The molecule has 1 aromatic rings. The summed E-state index contributed by atoms with van der Waals surface area (Å²) in [7, 11) is 0. The molecule has 8 heteroatoms. The predicted molar refractivity (Wildman–Crippen MR) is 238 cm³/mol. The van der Waals surface area contributed by atoms with Crippen molar-refractivity contribution in [3.8, 4) is 5.75 Å². The van der Waals surface area contributed by atoms with E-state index in [0.717, 1.165) is 63.5 Å². The van der Waals surface area contributed by atoms with E-state index >= 15 is 0 Å². The Labute approximate surface area is 348 Å². The lowest BCUT2D eigenvalue weighted by Gasteiger charge is -2.43. The van der Waals surface area contributed by atoms with Crippen LogP contribution in [0.25, 0.3) is 0 Å². The second-order valence-electron chi connectivity index (χ2n) is 21.9. The first-order chi connectivity index (χ1) is 26.1. The molecule has 8 nitrogen and oxygen atoms in total. The van der Waals surface area contributed by atoms with Crippen LogP contribution in [0.3, 0.4) is 0 Å². The highest BCUT2D eigenvalue weighted by Gasteiger charge is 2.51. The van der Waals surface area contributed by atoms with Gasteiger partial charge < -0.3 is 19.7 Å². The van der Waals surface area contributed by atoms with Gasteiger partial charge >= 0.3 is 6.09 Å². The molecule has 0 aromatic heterocycles. The van der Waals surface area contributed by atoms with Gasteiger partial charge in [0.05, 0.1) is 17.7 Å². The Kier molecular flexibility index (Phi) is 18.3. The highest BCUT2D eigenvalue weighted by Crippen LogP contribution is 2.35. The van der Waals surface area contributed by atoms with E-state index in [0.29, 0.717) is 32.7 Å². The second kappa shape index (κ2) is 20.8. The molecule has 0 saturated carbocycles. The molecule has 1 saturated heterocycles. The topological polar surface area (TPSA) is 97.0 Å². The van der Waals surface area contributed by atoms with Crippen LogP contribution < -0.4 is 15.4 Å². The Hall–Kier alpha value is -2.97. The number of Topliss-reactive ketones (excluding diaryl/α,β-unsaturated/α-hetero) is 2. The number of nitrogens with one attached hydrogen (secondary N) is 2. The van der Waals surface area contributed by atoms with E-state index in [9.17, 15) is 14.4 Å². The molecule has 1 unspecified atom stereocenters. The van der Waals surface area contributed by atoms with Crippen molar-refractivity contribution in [1.29, 1.82) is 0 Å². The zero-order valence-electron chi connectivity index (χ0n) is 39.0. The van der Waals surface area contributed by atoms with Gasteiger partial charge in [-0.2, -0.15) is 0 Å². The maximum atomic E-state index is 14.2. The van der Waals surface area contributed by atoms with Gasteiger partial charge in [0.15, 0.2) is 11.6 Å². The molecular formula is C49H83N3O5. The van der Waals surface area contributed by atoms with E-state index in [-0.39, 0.29) is 34.2 Å². The molecule has 1 aromatic carbocycles. The second-order valence-corrected chi connectivity index (χ2v) is 21.9. The van der Waals surface area contributed by atoms with Crippen LogP contribution >= 0.6 is 0 Å². The number of carbonyl (C=O) groups is 3. The van der Waals surface area contributed by atoms with Crippen molar-refractivity contribution < 1.29 is 23.9 Å². The van der Waals surface area contributed by atoms with Gasteiger partial charge in [-0.05, 0) is 129 Å². The SMILES string of the molecule is CC(C)(C)Cc1cccc(OC/C=C/CCCC(CCC/C=C/CCCOC(=O)N2CC[C@@](NC(C)(C)C)(C(=O)C(C)(C)C)C2)(NC(C)(C)C)C(=O)C(C)(C)C)c1. The molecule has 2 rings (SSSR count). The number of amides is 1. The molecule has 57 heavy (non-hydrogen) atoms. The predicted octanol–water partition coefficient (Wildman–Crippen LogP) is 11.2. The van der Waals surface area contributed by atoms with Crippen LogP contribution in [0.15, 0.2) is 48.6 Å². The molecule has 1 aliphatic heterocycles. The summed E-state index contributed by atoms with van der Waals surface area (Å²) in [5.41, 5.74) is -1.37. The Morgan fingerprint density at radius 3 is 1.86 bits per heavy atom. The summed E-state index contributed by atoms with van der Waals surface area (Å²) in [5, 5.41) is 7.35. The number of benzene rings is 1. The molecule has 0 bridgehead atoms. The molecular weight excluding hydrogens is 711 g/mol. The van der Waals surface area contributed by atoms with Gasteiger partial charge in [0.1, 0.15) is 12.4 Å². The van der Waals surface area contributed by atoms with Gasteiger partial charge in [-0.15, -0.1) is 0 Å². The van der Waals surface area contributed by atoms with Gasteiger partial charge in [-0.25, -0.2) is 4.79 Å². The number of hydrogen-bond acceptors (Lipinski definition) is 7. The van der Waals surface area contributed by atoms with Crippen LogP contribution in [0.4, 0.5) is 4.79 Å². The van der Waals surface area contributed by atoms with Crippen molar-refractivity contribution in [2.45, 2.75) is 190 Å². The number of likely N-dealkylation sites (tertiary alicyclic amines) is 1. The third-order valence-corrected chi connectivity index (χ3v) is 9.99.